The Hall–Kier alpha value is -1.50. The van der Waals surface area contributed by atoms with Gasteiger partial charge in [-0.1, -0.05) is 0 Å². The Bertz CT molecular complexity index is 541. The van der Waals surface area contributed by atoms with E-state index in [1.165, 1.54) is 0 Å². The fourth-order valence-corrected chi connectivity index (χ4v) is 5.13. The zero-order valence-electron chi connectivity index (χ0n) is 10.4. The van der Waals surface area contributed by atoms with Crippen molar-refractivity contribution >= 4 is 5.82 Å². The zero-order valence-corrected chi connectivity index (χ0v) is 10.4. The van der Waals surface area contributed by atoms with Crippen LogP contribution >= 0.6 is 0 Å². The molecule has 4 aliphatic rings. The maximum absolute atomic E-state index is 11.0. The predicted octanol–water partition coefficient (Wildman–Crippen LogP) is 1.56. The van der Waals surface area contributed by atoms with Gasteiger partial charge in [-0.2, -0.15) is 0 Å². The molecule has 102 valence electrons. The molecular weight excluding hydrogens is 250 g/mol. The molecule has 4 fully saturated rings. The van der Waals surface area contributed by atoms with Crippen LogP contribution in [0, 0.1) is 22.0 Å². The summed E-state index contributed by atoms with van der Waals surface area (Å²) in [6.07, 6.45) is 5.06. The summed E-state index contributed by atoms with van der Waals surface area (Å²) >= 11 is 0. The van der Waals surface area contributed by atoms with Crippen molar-refractivity contribution in [2.45, 2.75) is 49.5 Å². The number of aliphatic hydroxyl groups is 1. The van der Waals surface area contributed by atoms with Crippen LogP contribution in [0.1, 0.15) is 44.2 Å². The van der Waals surface area contributed by atoms with E-state index in [0.29, 0.717) is 24.0 Å². The molecule has 2 atom stereocenters. The van der Waals surface area contributed by atoms with Gasteiger partial charge in [0.1, 0.15) is 0 Å². The highest BCUT2D eigenvalue weighted by molar-refractivity contribution is 5.35. The third-order valence-corrected chi connectivity index (χ3v) is 5.18. The lowest BCUT2D eigenvalue weighted by atomic mass is 9.47. The Kier molecular flexibility index (Phi) is 1.99. The average Bonchev–Trinajstić information content (AvgIpc) is 2.74. The van der Waals surface area contributed by atoms with Gasteiger partial charge in [-0.25, -0.2) is 0 Å². The third-order valence-electron chi connectivity index (χ3n) is 5.18. The highest BCUT2D eigenvalue weighted by Gasteiger charge is 2.60. The average molecular weight is 265 g/mol. The molecule has 7 heteroatoms. The second-order valence-corrected chi connectivity index (χ2v) is 6.66. The summed E-state index contributed by atoms with van der Waals surface area (Å²) in [7, 11) is 0. The fourth-order valence-electron chi connectivity index (χ4n) is 5.13. The Morgan fingerprint density at radius 2 is 1.95 bits per heavy atom. The van der Waals surface area contributed by atoms with Crippen molar-refractivity contribution in [3.05, 3.63) is 15.8 Å². The molecule has 0 spiro atoms. The van der Waals surface area contributed by atoms with Gasteiger partial charge in [0.05, 0.1) is 5.60 Å². The van der Waals surface area contributed by atoms with Gasteiger partial charge in [0.2, 0.25) is 0 Å². The molecule has 1 aromatic rings. The Morgan fingerprint density at radius 3 is 2.53 bits per heavy atom. The van der Waals surface area contributed by atoms with Crippen molar-refractivity contribution in [1.82, 2.24) is 10.3 Å². The van der Waals surface area contributed by atoms with Gasteiger partial charge < -0.3 is 15.2 Å². The first kappa shape index (κ1) is 11.3. The molecule has 0 amide bonds. The van der Waals surface area contributed by atoms with Crippen LogP contribution in [0.4, 0.5) is 5.82 Å². The number of nitrogens with zero attached hydrogens (tertiary/aromatic N) is 3. The second-order valence-electron chi connectivity index (χ2n) is 6.66. The maximum atomic E-state index is 11.0. The molecular formula is C12H15N3O4. The number of aromatic nitrogens is 2. The van der Waals surface area contributed by atoms with Crippen LogP contribution in [0.15, 0.2) is 4.63 Å². The van der Waals surface area contributed by atoms with E-state index in [0.717, 1.165) is 32.1 Å². The second kappa shape index (κ2) is 3.33. The van der Waals surface area contributed by atoms with Crippen molar-refractivity contribution in [1.29, 1.82) is 0 Å². The summed E-state index contributed by atoms with van der Waals surface area (Å²) in [6.45, 7) is 0. The van der Waals surface area contributed by atoms with Gasteiger partial charge in [0.25, 0.3) is 0 Å². The van der Waals surface area contributed by atoms with Crippen molar-refractivity contribution in [2.24, 2.45) is 11.8 Å². The minimum atomic E-state index is -0.670. The largest absolute Gasteiger partial charge is 0.438 e. The van der Waals surface area contributed by atoms with Crippen LogP contribution in [0.5, 0.6) is 0 Å². The van der Waals surface area contributed by atoms with E-state index in [1.54, 1.807) is 0 Å². The van der Waals surface area contributed by atoms with E-state index in [2.05, 4.69) is 14.9 Å². The van der Waals surface area contributed by atoms with Crippen LogP contribution < -0.4 is 0 Å². The van der Waals surface area contributed by atoms with Crippen molar-refractivity contribution in [3.8, 4) is 0 Å². The fraction of sp³-hybridized carbons (Fsp3) is 0.833. The SMILES string of the molecule is O=[N+]([O-])c1nonc1C12C[C@H]3C[C@@H](CC(O)(C3)C1)C2. The summed E-state index contributed by atoms with van der Waals surface area (Å²) < 4.78 is 4.61. The maximum Gasteiger partial charge on any atom is 0.438 e. The van der Waals surface area contributed by atoms with Gasteiger partial charge in [-0.05, 0) is 60.4 Å². The van der Waals surface area contributed by atoms with E-state index in [4.69, 9.17) is 0 Å². The number of hydrogen-bond acceptors (Lipinski definition) is 6. The first-order chi connectivity index (χ1) is 9.00. The normalized spacial score (nSPS) is 43.6. The van der Waals surface area contributed by atoms with E-state index < -0.39 is 15.9 Å². The quantitative estimate of drug-likeness (QED) is 0.643. The predicted molar refractivity (Wildman–Crippen MR) is 62.3 cm³/mol. The molecule has 0 aliphatic heterocycles. The molecule has 1 aromatic heterocycles. The van der Waals surface area contributed by atoms with Crippen molar-refractivity contribution in [2.75, 3.05) is 0 Å². The lowest BCUT2D eigenvalue weighted by Gasteiger charge is -2.59. The molecule has 0 unspecified atom stereocenters. The molecule has 19 heavy (non-hydrogen) atoms. The third kappa shape index (κ3) is 1.47. The number of hydrogen-bond donors (Lipinski definition) is 1. The molecule has 5 rings (SSSR count). The minimum absolute atomic E-state index is 0.273. The molecule has 4 saturated carbocycles. The summed E-state index contributed by atoms with van der Waals surface area (Å²) in [6, 6.07) is 0. The van der Waals surface area contributed by atoms with Gasteiger partial charge in [0.15, 0.2) is 10.9 Å². The lowest BCUT2D eigenvalue weighted by Crippen LogP contribution is -2.57. The van der Waals surface area contributed by atoms with Gasteiger partial charge in [-0.3, -0.25) is 0 Å². The molecule has 0 radical (unpaired) electrons. The van der Waals surface area contributed by atoms with Crippen molar-refractivity contribution < 1.29 is 14.7 Å². The first-order valence-corrected chi connectivity index (χ1v) is 6.70. The summed E-state index contributed by atoms with van der Waals surface area (Å²) in [5, 5.41) is 28.9. The van der Waals surface area contributed by atoms with Crippen LogP contribution in [0.25, 0.3) is 0 Å². The minimum Gasteiger partial charge on any atom is -0.390 e. The summed E-state index contributed by atoms with van der Waals surface area (Å²) in [4.78, 5) is 10.5. The van der Waals surface area contributed by atoms with E-state index >= 15 is 0 Å². The zero-order chi connectivity index (χ0) is 13.3. The summed E-state index contributed by atoms with van der Waals surface area (Å²) in [5.74, 6) is 0.621. The van der Waals surface area contributed by atoms with Crippen LogP contribution in [-0.2, 0) is 5.41 Å². The topological polar surface area (TPSA) is 102 Å². The molecule has 4 aliphatic carbocycles. The molecule has 1 heterocycles. The van der Waals surface area contributed by atoms with Gasteiger partial charge >= 0.3 is 5.82 Å². The summed E-state index contributed by atoms with van der Waals surface area (Å²) in [5.41, 5.74) is -0.719. The Labute approximate surface area is 109 Å². The Balaban J connectivity index is 1.81. The Morgan fingerprint density at radius 1 is 1.26 bits per heavy atom. The van der Waals surface area contributed by atoms with Crippen LogP contribution in [-0.4, -0.2) is 25.9 Å². The van der Waals surface area contributed by atoms with E-state index in [9.17, 15) is 15.2 Å². The molecule has 0 saturated heterocycles. The highest BCUT2D eigenvalue weighted by Crippen LogP contribution is 2.62. The van der Waals surface area contributed by atoms with Gasteiger partial charge in [-0.15, -0.1) is 4.63 Å². The standard InChI is InChI=1S/C12H15N3O4/c16-12-4-7-1-8(5-12)3-11(2-7,6-12)9-10(15(17)18)14-19-13-9/h7-8,16H,1-6H2/t7-,8-,11?,12?/m1/s1. The highest BCUT2D eigenvalue weighted by atomic mass is 16.6. The number of rotatable bonds is 2. The molecule has 7 nitrogen and oxygen atoms in total. The van der Waals surface area contributed by atoms with E-state index in [1.807, 2.05) is 0 Å². The van der Waals surface area contributed by atoms with Gasteiger partial charge in [0, 0.05) is 5.41 Å². The molecule has 0 aromatic carbocycles. The monoisotopic (exact) mass is 265 g/mol. The number of nitro groups is 1. The van der Waals surface area contributed by atoms with E-state index in [-0.39, 0.29) is 5.82 Å². The van der Waals surface area contributed by atoms with Crippen LogP contribution in [0.3, 0.4) is 0 Å². The van der Waals surface area contributed by atoms with Crippen molar-refractivity contribution in [3.63, 3.8) is 0 Å². The lowest BCUT2D eigenvalue weighted by molar-refractivity contribution is -0.392. The molecule has 4 bridgehead atoms. The first-order valence-electron chi connectivity index (χ1n) is 6.70. The van der Waals surface area contributed by atoms with Crippen LogP contribution in [0.2, 0.25) is 0 Å². The molecule has 1 N–H and O–H groups in total. The smallest absolute Gasteiger partial charge is 0.390 e.